The molecule has 0 aliphatic heterocycles. The van der Waals surface area contributed by atoms with Gasteiger partial charge in [0.2, 0.25) is 0 Å². The molecule has 0 fully saturated rings. The molecule has 0 radical (unpaired) electrons. The molecule has 4 N–H and O–H groups in total. The first-order chi connectivity index (χ1) is 11.9. The Hall–Kier alpha value is -3.21. The lowest BCUT2D eigenvalue weighted by molar-refractivity contribution is 0.0698. The lowest BCUT2D eigenvalue weighted by Gasteiger charge is -2.13. The number of carboxylic acid groups (broad SMARTS) is 1. The van der Waals surface area contributed by atoms with Gasteiger partial charge >= 0.3 is 5.97 Å². The summed E-state index contributed by atoms with van der Waals surface area (Å²) in [5, 5.41) is 12.3. The third kappa shape index (κ3) is 2.96. The van der Waals surface area contributed by atoms with Crippen LogP contribution in [0.4, 0.5) is 11.4 Å². The maximum absolute atomic E-state index is 11.4. The second-order valence-corrected chi connectivity index (χ2v) is 6.04. The molecule has 0 unspecified atom stereocenters. The summed E-state index contributed by atoms with van der Waals surface area (Å²) in [6.45, 7) is 4.14. The van der Waals surface area contributed by atoms with Crippen LogP contribution in [0.5, 0.6) is 0 Å². The quantitative estimate of drug-likeness (QED) is 0.628. The average molecular weight is 335 g/mol. The van der Waals surface area contributed by atoms with Gasteiger partial charge in [0.25, 0.3) is 0 Å². The molecule has 5 nitrogen and oxygen atoms in total. The fraction of sp³-hybridized carbons (Fsp3) is 0.150. The number of nitrogens with zero attached hydrogens (tertiary/aromatic N) is 1. The molecule has 1 aromatic heterocycles. The molecule has 0 amide bonds. The number of hydrogen-bond acceptors (Lipinski definition) is 3. The Morgan fingerprint density at radius 1 is 1.00 bits per heavy atom. The minimum Gasteiger partial charge on any atom is -0.478 e. The number of hydrogen-bond donors (Lipinski definition) is 3. The summed E-state index contributed by atoms with van der Waals surface area (Å²) in [6.07, 6.45) is 0. The predicted octanol–water partition coefficient (Wildman–Crippen LogP) is 4.08. The van der Waals surface area contributed by atoms with Crippen LogP contribution in [0.2, 0.25) is 0 Å². The van der Waals surface area contributed by atoms with Gasteiger partial charge < -0.3 is 20.7 Å². The van der Waals surface area contributed by atoms with E-state index in [-0.39, 0.29) is 11.3 Å². The van der Waals surface area contributed by atoms with Crippen LogP contribution in [0.25, 0.3) is 16.8 Å². The number of nitrogens with one attached hydrogen (secondary N) is 1. The summed E-state index contributed by atoms with van der Waals surface area (Å²) in [7, 11) is 1.72. The average Bonchev–Trinajstić information content (AvgIpc) is 2.93. The normalized spacial score (nSPS) is 10.7. The number of nitrogen functional groups attached to an aromatic ring is 1. The van der Waals surface area contributed by atoms with Crippen LogP contribution in [0.15, 0.2) is 48.5 Å². The number of aromatic carboxylic acids is 1. The summed E-state index contributed by atoms with van der Waals surface area (Å²) < 4.78 is 2.18. The lowest BCUT2D eigenvalue weighted by atomic mass is 10.00. The Labute approximate surface area is 146 Å². The molecule has 0 bridgehead atoms. The van der Waals surface area contributed by atoms with Crippen molar-refractivity contribution in [1.29, 1.82) is 0 Å². The number of benzene rings is 2. The summed E-state index contributed by atoms with van der Waals surface area (Å²) in [6, 6.07) is 15.7. The highest BCUT2D eigenvalue weighted by molar-refractivity contribution is 5.99. The van der Waals surface area contributed by atoms with E-state index in [1.165, 1.54) is 11.4 Å². The molecule has 3 aromatic rings. The number of aryl methyl sites for hydroxylation is 2. The van der Waals surface area contributed by atoms with Crippen LogP contribution in [0.3, 0.4) is 0 Å². The standard InChI is InChI=1S/C20H21N3O2/c1-12-4-5-13(2)23(12)16-8-6-14(7-9-16)15-10-17(20(24)25)19(21)18(11-15)22-3/h4-11,22H,21H2,1-3H3,(H,24,25). The SMILES string of the molecule is CNc1cc(-c2ccc(-n3c(C)ccc3C)cc2)cc(C(=O)O)c1N. The molecular weight excluding hydrogens is 314 g/mol. The van der Waals surface area contributed by atoms with Gasteiger partial charge in [-0.05, 0) is 61.4 Å². The monoisotopic (exact) mass is 335 g/mol. The predicted molar refractivity (Wildman–Crippen MR) is 102 cm³/mol. The summed E-state index contributed by atoms with van der Waals surface area (Å²) in [5.74, 6) is -1.04. The van der Waals surface area contributed by atoms with Crippen molar-refractivity contribution in [3.63, 3.8) is 0 Å². The van der Waals surface area contributed by atoms with Crippen LogP contribution >= 0.6 is 0 Å². The second kappa shape index (κ2) is 6.36. The topological polar surface area (TPSA) is 80.3 Å². The summed E-state index contributed by atoms with van der Waals surface area (Å²) in [5.41, 5.74) is 12.0. The van der Waals surface area contributed by atoms with Crippen molar-refractivity contribution in [2.75, 3.05) is 18.1 Å². The van der Waals surface area contributed by atoms with Crippen LogP contribution in [-0.4, -0.2) is 22.7 Å². The van der Waals surface area contributed by atoms with Crippen LogP contribution in [-0.2, 0) is 0 Å². The van der Waals surface area contributed by atoms with E-state index in [1.807, 2.05) is 30.3 Å². The molecular formula is C20H21N3O2. The van der Waals surface area contributed by atoms with Crippen LogP contribution < -0.4 is 11.1 Å². The van der Waals surface area contributed by atoms with E-state index in [1.54, 1.807) is 13.1 Å². The van der Waals surface area contributed by atoms with Crippen molar-refractivity contribution in [1.82, 2.24) is 4.57 Å². The number of anilines is 2. The van der Waals surface area contributed by atoms with Crippen molar-refractivity contribution < 1.29 is 9.90 Å². The van der Waals surface area contributed by atoms with Crippen molar-refractivity contribution in [3.8, 4) is 16.8 Å². The molecule has 0 atom stereocenters. The molecule has 0 saturated carbocycles. The Bertz CT molecular complexity index is 921. The molecule has 25 heavy (non-hydrogen) atoms. The largest absolute Gasteiger partial charge is 0.478 e. The highest BCUT2D eigenvalue weighted by Crippen LogP contribution is 2.31. The van der Waals surface area contributed by atoms with Gasteiger partial charge in [0, 0.05) is 24.1 Å². The van der Waals surface area contributed by atoms with Crippen LogP contribution in [0, 0.1) is 13.8 Å². The maximum Gasteiger partial charge on any atom is 0.337 e. The van der Waals surface area contributed by atoms with E-state index < -0.39 is 5.97 Å². The maximum atomic E-state index is 11.4. The second-order valence-electron chi connectivity index (χ2n) is 6.04. The van der Waals surface area contributed by atoms with Gasteiger partial charge in [0.15, 0.2) is 0 Å². The third-order valence-electron chi connectivity index (χ3n) is 4.41. The first-order valence-corrected chi connectivity index (χ1v) is 8.02. The van der Waals surface area contributed by atoms with E-state index in [4.69, 9.17) is 5.73 Å². The van der Waals surface area contributed by atoms with Gasteiger partial charge in [-0.1, -0.05) is 12.1 Å². The van der Waals surface area contributed by atoms with Gasteiger partial charge in [-0.15, -0.1) is 0 Å². The molecule has 0 aliphatic carbocycles. The van der Waals surface area contributed by atoms with Gasteiger partial charge in [0.05, 0.1) is 16.9 Å². The summed E-state index contributed by atoms with van der Waals surface area (Å²) >= 11 is 0. The molecule has 2 aromatic carbocycles. The van der Waals surface area contributed by atoms with E-state index in [2.05, 4.69) is 35.9 Å². The van der Waals surface area contributed by atoms with E-state index >= 15 is 0 Å². The van der Waals surface area contributed by atoms with Gasteiger partial charge in [-0.3, -0.25) is 0 Å². The molecule has 3 rings (SSSR count). The Balaban J connectivity index is 2.06. The molecule has 5 heteroatoms. The Morgan fingerprint density at radius 2 is 1.60 bits per heavy atom. The number of carbonyl (C=O) groups is 1. The van der Waals surface area contributed by atoms with Gasteiger partial charge in [0.1, 0.15) is 0 Å². The summed E-state index contributed by atoms with van der Waals surface area (Å²) in [4.78, 5) is 11.4. The van der Waals surface area contributed by atoms with Crippen molar-refractivity contribution in [2.45, 2.75) is 13.8 Å². The lowest BCUT2D eigenvalue weighted by Crippen LogP contribution is -2.06. The fourth-order valence-corrected chi connectivity index (χ4v) is 3.08. The Kier molecular flexibility index (Phi) is 4.23. The molecule has 0 aliphatic rings. The van der Waals surface area contributed by atoms with Crippen molar-refractivity contribution >= 4 is 17.3 Å². The zero-order valence-corrected chi connectivity index (χ0v) is 14.5. The first kappa shape index (κ1) is 16.6. The van der Waals surface area contributed by atoms with Crippen LogP contribution in [0.1, 0.15) is 21.7 Å². The zero-order chi connectivity index (χ0) is 18.1. The molecule has 0 spiro atoms. The highest BCUT2D eigenvalue weighted by atomic mass is 16.4. The number of carboxylic acids is 1. The number of rotatable bonds is 4. The first-order valence-electron chi connectivity index (χ1n) is 8.02. The number of nitrogens with two attached hydrogens (primary N) is 1. The molecule has 1 heterocycles. The highest BCUT2D eigenvalue weighted by Gasteiger charge is 2.14. The minimum absolute atomic E-state index is 0.100. The Morgan fingerprint density at radius 3 is 2.12 bits per heavy atom. The third-order valence-corrected chi connectivity index (χ3v) is 4.41. The fourth-order valence-electron chi connectivity index (χ4n) is 3.08. The smallest absolute Gasteiger partial charge is 0.337 e. The zero-order valence-electron chi connectivity index (χ0n) is 14.5. The molecule has 128 valence electrons. The van der Waals surface area contributed by atoms with Gasteiger partial charge in [-0.25, -0.2) is 4.79 Å². The van der Waals surface area contributed by atoms with Gasteiger partial charge in [-0.2, -0.15) is 0 Å². The van der Waals surface area contributed by atoms with Crippen molar-refractivity contribution in [2.24, 2.45) is 0 Å². The number of aromatic nitrogens is 1. The minimum atomic E-state index is -1.04. The van der Waals surface area contributed by atoms with E-state index in [0.29, 0.717) is 5.69 Å². The van der Waals surface area contributed by atoms with E-state index in [9.17, 15) is 9.90 Å². The molecule has 0 saturated heterocycles. The van der Waals surface area contributed by atoms with Crippen molar-refractivity contribution in [3.05, 3.63) is 65.5 Å². The van der Waals surface area contributed by atoms with E-state index in [0.717, 1.165) is 16.8 Å².